The van der Waals surface area contributed by atoms with Crippen molar-refractivity contribution in [3.63, 3.8) is 0 Å². The summed E-state index contributed by atoms with van der Waals surface area (Å²) in [7, 11) is 1.64. The molecule has 0 aliphatic rings. The monoisotopic (exact) mass is 300 g/mol. The second-order valence-electron chi connectivity index (χ2n) is 4.63. The van der Waals surface area contributed by atoms with Crippen molar-refractivity contribution >= 4 is 17.5 Å². The second-order valence-corrected chi connectivity index (χ2v) is 5.07. The van der Waals surface area contributed by atoms with Gasteiger partial charge in [0.1, 0.15) is 5.75 Å². The Balaban J connectivity index is 2.15. The number of carbonyl (C=O) groups excluding carboxylic acids is 1. The summed E-state index contributed by atoms with van der Waals surface area (Å²) >= 11 is 5.85. The fraction of sp³-hybridized carbons (Fsp3) is 0.125. The quantitative estimate of drug-likeness (QED) is 0.946. The van der Waals surface area contributed by atoms with Crippen molar-refractivity contribution in [2.45, 2.75) is 6.54 Å². The van der Waals surface area contributed by atoms with Crippen molar-refractivity contribution in [2.75, 3.05) is 7.05 Å². The van der Waals surface area contributed by atoms with E-state index in [4.69, 9.17) is 16.9 Å². The van der Waals surface area contributed by atoms with Gasteiger partial charge in [-0.15, -0.1) is 0 Å². The lowest BCUT2D eigenvalue weighted by Gasteiger charge is -2.18. The van der Waals surface area contributed by atoms with Crippen molar-refractivity contribution in [1.29, 1.82) is 5.26 Å². The van der Waals surface area contributed by atoms with Crippen LogP contribution < -0.4 is 0 Å². The van der Waals surface area contributed by atoms with E-state index in [2.05, 4.69) is 0 Å². The number of carbonyl (C=O) groups is 1. The lowest BCUT2D eigenvalue weighted by molar-refractivity contribution is 0.0782. The van der Waals surface area contributed by atoms with E-state index >= 15 is 0 Å². The highest BCUT2D eigenvalue weighted by atomic mass is 35.5. The first-order valence-electron chi connectivity index (χ1n) is 6.24. The predicted octanol–water partition coefficient (Wildman–Crippen LogP) is 3.19. The molecule has 0 unspecified atom stereocenters. The predicted molar refractivity (Wildman–Crippen MR) is 80.1 cm³/mol. The molecular weight excluding hydrogens is 288 g/mol. The molecule has 5 heteroatoms. The Labute approximate surface area is 127 Å². The molecule has 1 amide bonds. The smallest absolute Gasteiger partial charge is 0.257 e. The van der Waals surface area contributed by atoms with E-state index < -0.39 is 0 Å². The first-order chi connectivity index (χ1) is 10.0. The SMILES string of the molecule is CN(Cc1ccc(C#N)cc1)C(=O)c1cc(Cl)ccc1O. The molecule has 0 atom stereocenters. The molecule has 0 fully saturated rings. The standard InChI is InChI=1S/C16H13ClN2O2/c1-19(10-12-4-2-11(9-18)3-5-12)16(21)14-8-13(17)6-7-15(14)20/h2-8,20H,10H2,1H3. The zero-order valence-electron chi connectivity index (χ0n) is 11.4. The first kappa shape index (κ1) is 14.9. The molecule has 0 aliphatic carbocycles. The van der Waals surface area contributed by atoms with Crippen LogP contribution in [0.5, 0.6) is 5.75 Å². The van der Waals surface area contributed by atoms with Crippen LogP contribution in [0.1, 0.15) is 21.5 Å². The topological polar surface area (TPSA) is 64.3 Å². The minimum Gasteiger partial charge on any atom is -0.507 e. The summed E-state index contributed by atoms with van der Waals surface area (Å²) in [5.41, 5.74) is 1.63. The van der Waals surface area contributed by atoms with Crippen molar-refractivity contribution in [1.82, 2.24) is 4.90 Å². The van der Waals surface area contributed by atoms with E-state index in [0.29, 0.717) is 17.1 Å². The Morgan fingerprint density at radius 2 is 1.95 bits per heavy atom. The number of rotatable bonds is 3. The van der Waals surface area contributed by atoms with E-state index in [0.717, 1.165) is 5.56 Å². The van der Waals surface area contributed by atoms with Gasteiger partial charge in [-0.05, 0) is 35.9 Å². The summed E-state index contributed by atoms with van der Waals surface area (Å²) in [5.74, 6) is -0.421. The number of benzene rings is 2. The Morgan fingerprint density at radius 3 is 2.57 bits per heavy atom. The van der Waals surface area contributed by atoms with Crippen LogP contribution in [0.4, 0.5) is 0 Å². The molecule has 0 bridgehead atoms. The Hall–Kier alpha value is -2.51. The fourth-order valence-corrected chi connectivity index (χ4v) is 2.09. The first-order valence-corrected chi connectivity index (χ1v) is 6.62. The summed E-state index contributed by atoms with van der Waals surface area (Å²) < 4.78 is 0. The third-order valence-corrected chi connectivity index (χ3v) is 3.27. The van der Waals surface area contributed by atoms with E-state index in [1.54, 1.807) is 31.3 Å². The zero-order valence-corrected chi connectivity index (χ0v) is 12.1. The van der Waals surface area contributed by atoms with Gasteiger partial charge in [-0.25, -0.2) is 0 Å². The van der Waals surface area contributed by atoms with Gasteiger partial charge in [-0.1, -0.05) is 23.7 Å². The number of nitrogens with zero attached hydrogens (tertiary/aromatic N) is 2. The van der Waals surface area contributed by atoms with Gasteiger partial charge in [0.05, 0.1) is 17.2 Å². The molecule has 0 radical (unpaired) electrons. The number of nitriles is 1. The highest BCUT2D eigenvalue weighted by Gasteiger charge is 2.16. The summed E-state index contributed by atoms with van der Waals surface area (Å²) in [5, 5.41) is 18.9. The summed E-state index contributed by atoms with van der Waals surface area (Å²) in [4.78, 5) is 13.8. The van der Waals surface area contributed by atoms with E-state index in [1.807, 2.05) is 6.07 Å². The van der Waals surface area contributed by atoms with Crippen molar-refractivity contribution < 1.29 is 9.90 Å². The number of phenols is 1. The zero-order chi connectivity index (χ0) is 15.4. The maximum atomic E-state index is 12.3. The number of hydrogen-bond donors (Lipinski definition) is 1. The van der Waals surface area contributed by atoms with Gasteiger partial charge in [0, 0.05) is 18.6 Å². The third-order valence-electron chi connectivity index (χ3n) is 3.04. The molecule has 2 rings (SSSR count). The molecule has 1 N–H and O–H groups in total. The molecule has 4 nitrogen and oxygen atoms in total. The van der Waals surface area contributed by atoms with Crippen LogP contribution in [0.25, 0.3) is 0 Å². The van der Waals surface area contributed by atoms with E-state index in [-0.39, 0.29) is 17.2 Å². The van der Waals surface area contributed by atoms with Crippen LogP contribution in [0.15, 0.2) is 42.5 Å². The average molecular weight is 301 g/mol. The van der Waals surface area contributed by atoms with Crippen LogP contribution >= 0.6 is 11.6 Å². The van der Waals surface area contributed by atoms with Crippen LogP contribution in [0.3, 0.4) is 0 Å². The maximum Gasteiger partial charge on any atom is 0.257 e. The second kappa shape index (κ2) is 6.29. The van der Waals surface area contributed by atoms with E-state index in [9.17, 15) is 9.90 Å². The van der Waals surface area contributed by atoms with Gasteiger partial charge in [-0.2, -0.15) is 5.26 Å². The average Bonchev–Trinajstić information content (AvgIpc) is 2.49. The van der Waals surface area contributed by atoms with Crippen molar-refractivity contribution in [3.05, 3.63) is 64.2 Å². The highest BCUT2D eigenvalue weighted by molar-refractivity contribution is 6.31. The molecule has 0 spiro atoms. The maximum absolute atomic E-state index is 12.3. The number of phenolic OH excluding ortho intramolecular Hbond substituents is 1. The molecule has 0 heterocycles. The molecular formula is C16H13ClN2O2. The Kier molecular flexibility index (Phi) is 4.46. The fourth-order valence-electron chi connectivity index (χ4n) is 1.92. The lowest BCUT2D eigenvalue weighted by atomic mass is 10.1. The number of amides is 1. The molecule has 0 aliphatic heterocycles. The van der Waals surface area contributed by atoms with Gasteiger partial charge < -0.3 is 10.0 Å². The van der Waals surface area contributed by atoms with Crippen LogP contribution in [0, 0.1) is 11.3 Å². The molecule has 21 heavy (non-hydrogen) atoms. The van der Waals surface area contributed by atoms with Gasteiger partial charge in [0.25, 0.3) is 5.91 Å². The molecule has 0 saturated carbocycles. The Bertz CT molecular complexity index is 705. The van der Waals surface area contributed by atoms with Gasteiger partial charge >= 0.3 is 0 Å². The number of halogens is 1. The molecule has 106 valence electrons. The summed E-state index contributed by atoms with van der Waals surface area (Å²) in [6.45, 7) is 0.372. The van der Waals surface area contributed by atoms with Gasteiger partial charge in [-0.3, -0.25) is 4.79 Å². The van der Waals surface area contributed by atoms with E-state index in [1.165, 1.54) is 23.1 Å². The Morgan fingerprint density at radius 1 is 1.29 bits per heavy atom. The molecule has 2 aromatic rings. The molecule has 0 saturated heterocycles. The third kappa shape index (κ3) is 3.53. The largest absolute Gasteiger partial charge is 0.507 e. The van der Waals surface area contributed by atoms with Gasteiger partial charge in [0.2, 0.25) is 0 Å². The van der Waals surface area contributed by atoms with Crippen molar-refractivity contribution in [3.8, 4) is 11.8 Å². The highest BCUT2D eigenvalue weighted by Crippen LogP contribution is 2.23. The normalized spacial score (nSPS) is 9.95. The van der Waals surface area contributed by atoms with Crippen LogP contribution in [0.2, 0.25) is 5.02 Å². The summed E-state index contributed by atoms with van der Waals surface area (Å²) in [6, 6.07) is 13.4. The number of aromatic hydroxyl groups is 1. The van der Waals surface area contributed by atoms with Gasteiger partial charge in [0.15, 0.2) is 0 Å². The lowest BCUT2D eigenvalue weighted by Crippen LogP contribution is -2.26. The minimum absolute atomic E-state index is 0.101. The minimum atomic E-state index is -0.320. The van der Waals surface area contributed by atoms with Crippen LogP contribution in [-0.4, -0.2) is 23.0 Å². The summed E-state index contributed by atoms with van der Waals surface area (Å²) in [6.07, 6.45) is 0. The van der Waals surface area contributed by atoms with Crippen molar-refractivity contribution in [2.24, 2.45) is 0 Å². The number of hydrogen-bond acceptors (Lipinski definition) is 3. The molecule has 0 aromatic heterocycles. The van der Waals surface area contributed by atoms with Crippen LogP contribution in [-0.2, 0) is 6.54 Å². The molecule has 2 aromatic carbocycles.